The van der Waals surface area contributed by atoms with Gasteiger partial charge in [-0.1, -0.05) is 12.5 Å². The molecule has 0 unspecified atom stereocenters. The van der Waals surface area contributed by atoms with Gasteiger partial charge in [0.1, 0.15) is 0 Å². The summed E-state index contributed by atoms with van der Waals surface area (Å²) in [5, 5.41) is 2.50. The number of benzene rings is 1. The highest BCUT2D eigenvalue weighted by Crippen LogP contribution is 2.27. The molecule has 1 heterocycles. The molecule has 0 saturated carbocycles. The first-order valence-corrected chi connectivity index (χ1v) is 10.9. The van der Waals surface area contributed by atoms with Gasteiger partial charge < -0.3 is 20.4 Å². The molecule has 31 heavy (non-hydrogen) atoms. The topological polar surface area (TPSA) is 103 Å². The van der Waals surface area contributed by atoms with Crippen molar-refractivity contribution in [3.8, 4) is 5.69 Å². The third-order valence-corrected chi connectivity index (χ3v) is 5.79. The molecule has 1 aliphatic carbocycles. The van der Waals surface area contributed by atoms with Crippen molar-refractivity contribution in [3.63, 3.8) is 0 Å². The van der Waals surface area contributed by atoms with Crippen LogP contribution in [0.15, 0.2) is 24.3 Å². The maximum absolute atomic E-state index is 12.7. The summed E-state index contributed by atoms with van der Waals surface area (Å²) in [6, 6.07) is 7.83. The fraction of sp³-hybridized carbons (Fsp3) is 0.458. The Balaban J connectivity index is 1.52. The molecule has 2 amide bonds. The standard InChI is InChI=1S/C24H31N3O4/c1-16-13-21(17(2)27(16)20-11-10-18-7-6-8-19(18)14-20)22(28)15-31-23(29)9-4-3-5-12-26-24(25)30/h10-11,13-14H,3-9,12,15H2,1-2H3,(H3,25,26,30). The number of amides is 2. The van der Waals surface area contributed by atoms with Gasteiger partial charge in [-0.15, -0.1) is 0 Å². The molecule has 3 rings (SSSR count). The number of hydrogen-bond donors (Lipinski definition) is 2. The second-order valence-corrected chi connectivity index (χ2v) is 8.11. The van der Waals surface area contributed by atoms with E-state index in [9.17, 15) is 14.4 Å². The molecule has 1 aliphatic rings. The summed E-state index contributed by atoms with van der Waals surface area (Å²) >= 11 is 0. The van der Waals surface area contributed by atoms with E-state index in [1.54, 1.807) is 0 Å². The lowest BCUT2D eigenvalue weighted by atomic mass is 10.1. The van der Waals surface area contributed by atoms with Gasteiger partial charge >= 0.3 is 12.0 Å². The highest BCUT2D eigenvalue weighted by Gasteiger charge is 2.19. The lowest BCUT2D eigenvalue weighted by Gasteiger charge is -2.12. The molecule has 7 nitrogen and oxygen atoms in total. The average molecular weight is 426 g/mol. The second-order valence-electron chi connectivity index (χ2n) is 8.11. The molecule has 0 aliphatic heterocycles. The van der Waals surface area contributed by atoms with Crippen LogP contribution in [0, 0.1) is 13.8 Å². The van der Waals surface area contributed by atoms with Crippen LogP contribution >= 0.6 is 0 Å². The van der Waals surface area contributed by atoms with Crippen LogP contribution in [0.2, 0.25) is 0 Å². The number of primary amides is 1. The molecule has 166 valence electrons. The maximum Gasteiger partial charge on any atom is 0.312 e. The number of nitrogens with zero attached hydrogens (tertiary/aromatic N) is 1. The zero-order chi connectivity index (χ0) is 22.4. The molecule has 0 radical (unpaired) electrons. The van der Waals surface area contributed by atoms with Crippen LogP contribution in [0.3, 0.4) is 0 Å². The predicted octanol–water partition coefficient (Wildman–Crippen LogP) is 3.54. The molecule has 1 aromatic carbocycles. The number of urea groups is 1. The smallest absolute Gasteiger partial charge is 0.312 e. The zero-order valence-electron chi connectivity index (χ0n) is 18.3. The summed E-state index contributed by atoms with van der Waals surface area (Å²) in [5.74, 6) is -0.580. The Hall–Kier alpha value is -3.09. The highest BCUT2D eigenvalue weighted by atomic mass is 16.5. The van der Waals surface area contributed by atoms with E-state index < -0.39 is 6.03 Å². The molecule has 0 fully saturated rings. The van der Waals surface area contributed by atoms with E-state index in [2.05, 4.69) is 28.1 Å². The van der Waals surface area contributed by atoms with Crippen molar-refractivity contribution in [3.05, 3.63) is 52.3 Å². The summed E-state index contributed by atoms with van der Waals surface area (Å²) in [5.41, 5.74) is 11.3. The van der Waals surface area contributed by atoms with Crippen molar-refractivity contribution < 1.29 is 19.1 Å². The SMILES string of the molecule is Cc1cc(C(=O)COC(=O)CCCCCNC(N)=O)c(C)n1-c1ccc2c(c1)CCC2. The lowest BCUT2D eigenvalue weighted by Crippen LogP contribution is -2.29. The number of aromatic nitrogens is 1. The first-order valence-electron chi connectivity index (χ1n) is 10.9. The Morgan fingerprint density at radius 1 is 1.06 bits per heavy atom. The van der Waals surface area contributed by atoms with Gasteiger partial charge in [0.25, 0.3) is 0 Å². The molecule has 0 atom stereocenters. The number of rotatable bonds is 10. The van der Waals surface area contributed by atoms with Crippen LogP contribution in [-0.2, 0) is 22.4 Å². The molecule has 0 saturated heterocycles. The van der Waals surface area contributed by atoms with Crippen molar-refractivity contribution in [2.24, 2.45) is 5.73 Å². The Morgan fingerprint density at radius 2 is 1.84 bits per heavy atom. The Morgan fingerprint density at radius 3 is 2.61 bits per heavy atom. The number of carbonyl (C=O) groups is 3. The maximum atomic E-state index is 12.7. The predicted molar refractivity (Wildman–Crippen MR) is 119 cm³/mol. The van der Waals surface area contributed by atoms with Crippen molar-refractivity contribution in [1.29, 1.82) is 0 Å². The summed E-state index contributed by atoms with van der Waals surface area (Å²) < 4.78 is 7.28. The van der Waals surface area contributed by atoms with Gasteiger partial charge in [-0.05, 0) is 75.3 Å². The van der Waals surface area contributed by atoms with E-state index in [0.29, 0.717) is 18.5 Å². The van der Waals surface area contributed by atoms with Gasteiger partial charge in [0, 0.05) is 35.6 Å². The summed E-state index contributed by atoms with van der Waals surface area (Å²) in [6.45, 7) is 4.14. The zero-order valence-corrected chi connectivity index (χ0v) is 18.3. The number of Topliss-reactive ketones (excluding diaryl/α,β-unsaturated/α-hetero) is 1. The summed E-state index contributed by atoms with van der Waals surface area (Å²) in [4.78, 5) is 35.2. The molecule has 0 spiro atoms. The van der Waals surface area contributed by atoms with Gasteiger partial charge in [-0.25, -0.2) is 4.79 Å². The number of nitrogens with one attached hydrogen (secondary N) is 1. The van der Waals surface area contributed by atoms with Gasteiger partial charge in [0.05, 0.1) is 0 Å². The number of carbonyl (C=O) groups excluding carboxylic acids is 3. The molecular weight excluding hydrogens is 394 g/mol. The van der Waals surface area contributed by atoms with E-state index in [-0.39, 0.29) is 24.8 Å². The van der Waals surface area contributed by atoms with Gasteiger partial charge in [0.2, 0.25) is 5.78 Å². The van der Waals surface area contributed by atoms with Crippen molar-refractivity contribution >= 4 is 17.8 Å². The minimum Gasteiger partial charge on any atom is -0.457 e. The quantitative estimate of drug-likeness (QED) is 0.345. The van der Waals surface area contributed by atoms with Crippen LogP contribution in [0.5, 0.6) is 0 Å². The average Bonchev–Trinajstić information content (AvgIpc) is 3.31. The summed E-state index contributed by atoms with van der Waals surface area (Å²) in [7, 11) is 0. The van der Waals surface area contributed by atoms with Crippen LogP contribution in [0.25, 0.3) is 5.69 Å². The minimum atomic E-state index is -0.548. The number of esters is 1. The second kappa shape index (κ2) is 10.3. The number of ketones is 1. The fourth-order valence-electron chi connectivity index (χ4n) is 4.22. The fourth-order valence-corrected chi connectivity index (χ4v) is 4.22. The van der Waals surface area contributed by atoms with E-state index >= 15 is 0 Å². The molecule has 0 bridgehead atoms. The highest BCUT2D eigenvalue weighted by molar-refractivity contribution is 5.99. The normalized spacial score (nSPS) is 12.5. The third-order valence-electron chi connectivity index (χ3n) is 5.79. The molecule has 2 aromatic rings. The van der Waals surface area contributed by atoms with Crippen LogP contribution in [0.4, 0.5) is 4.79 Å². The molecule has 3 N–H and O–H groups in total. The van der Waals surface area contributed by atoms with E-state index in [4.69, 9.17) is 10.5 Å². The van der Waals surface area contributed by atoms with Crippen molar-refractivity contribution in [2.45, 2.75) is 58.8 Å². The van der Waals surface area contributed by atoms with Crippen LogP contribution < -0.4 is 11.1 Å². The van der Waals surface area contributed by atoms with E-state index in [1.165, 1.54) is 17.5 Å². The van der Waals surface area contributed by atoms with Gasteiger partial charge in [-0.3, -0.25) is 9.59 Å². The Bertz CT molecular complexity index is 977. The number of hydrogen-bond acceptors (Lipinski definition) is 4. The number of unbranched alkanes of at least 4 members (excludes halogenated alkanes) is 2. The Labute approximate surface area is 182 Å². The number of nitrogens with two attached hydrogens (primary N) is 1. The van der Waals surface area contributed by atoms with E-state index in [0.717, 1.165) is 42.8 Å². The van der Waals surface area contributed by atoms with Crippen LogP contribution in [-0.4, -0.2) is 35.5 Å². The number of aryl methyl sites for hydroxylation is 3. The van der Waals surface area contributed by atoms with Gasteiger partial charge in [0.15, 0.2) is 6.61 Å². The van der Waals surface area contributed by atoms with E-state index in [1.807, 2.05) is 19.9 Å². The summed E-state index contributed by atoms with van der Waals surface area (Å²) in [6.07, 6.45) is 5.83. The largest absolute Gasteiger partial charge is 0.457 e. The molecule has 1 aromatic heterocycles. The Kier molecular flexibility index (Phi) is 7.50. The van der Waals surface area contributed by atoms with Crippen molar-refractivity contribution in [1.82, 2.24) is 9.88 Å². The van der Waals surface area contributed by atoms with Crippen molar-refractivity contribution in [2.75, 3.05) is 13.2 Å². The molecule has 7 heteroatoms. The molecular formula is C24H31N3O4. The first kappa shape index (κ1) is 22.6. The lowest BCUT2D eigenvalue weighted by molar-refractivity contribution is -0.142. The third kappa shape index (κ3) is 5.75. The number of fused-ring (bicyclic) bond motifs is 1. The monoisotopic (exact) mass is 425 g/mol. The minimum absolute atomic E-state index is 0.195. The first-order chi connectivity index (χ1) is 14.9. The number of ether oxygens (including phenoxy) is 1. The van der Waals surface area contributed by atoms with Crippen LogP contribution in [0.1, 0.15) is 65.0 Å². The van der Waals surface area contributed by atoms with Gasteiger partial charge in [-0.2, -0.15) is 0 Å².